The number of aromatic nitrogens is 2. The molecule has 2 aromatic heterocycles. The molecule has 0 bridgehead atoms. The highest BCUT2D eigenvalue weighted by molar-refractivity contribution is 7.19. The van der Waals surface area contributed by atoms with Crippen molar-refractivity contribution in [3.8, 4) is 10.6 Å². The van der Waals surface area contributed by atoms with Crippen LogP contribution < -0.4 is 11.1 Å². The molecule has 2 aromatic rings. The Hall–Kier alpha value is -1.40. The van der Waals surface area contributed by atoms with Gasteiger partial charge in [0.2, 0.25) is 0 Å². The molecule has 0 aliphatic rings. The van der Waals surface area contributed by atoms with Gasteiger partial charge in [0.1, 0.15) is 0 Å². The third kappa shape index (κ3) is 2.23. The number of nitrogens with one attached hydrogen (secondary N) is 1. The van der Waals surface area contributed by atoms with Gasteiger partial charge in [-0.1, -0.05) is 17.4 Å². The zero-order valence-electron chi connectivity index (χ0n) is 8.86. The van der Waals surface area contributed by atoms with Crippen molar-refractivity contribution in [1.29, 1.82) is 0 Å². The number of aryl methyl sites for hydroxylation is 1. The molecule has 0 amide bonds. The highest BCUT2D eigenvalue weighted by Crippen LogP contribution is 2.33. The molecule has 0 atom stereocenters. The van der Waals surface area contributed by atoms with Gasteiger partial charge in [0.15, 0.2) is 10.3 Å². The fourth-order valence-electron chi connectivity index (χ4n) is 1.27. The summed E-state index contributed by atoms with van der Waals surface area (Å²) < 4.78 is 0. The first-order valence-corrected chi connectivity index (χ1v) is 6.44. The van der Waals surface area contributed by atoms with Crippen LogP contribution in [0.5, 0.6) is 0 Å². The van der Waals surface area contributed by atoms with E-state index in [0.29, 0.717) is 5.13 Å². The van der Waals surface area contributed by atoms with E-state index >= 15 is 0 Å². The summed E-state index contributed by atoms with van der Waals surface area (Å²) in [7, 11) is 0. The Labute approximate surface area is 102 Å². The van der Waals surface area contributed by atoms with Gasteiger partial charge in [-0.2, -0.15) is 0 Å². The standard InChI is InChI=1S/C10H12N4S2/c1-3-4-12-10-14-7(5-15-10)8-6(2)13-9(11)16-8/h3,5H,1,4H2,2H3,(H2,11,13)(H,12,14). The number of hydrogen-bond acceptors (Lipinski definition) is 6. The molecule has 0 saturated heterocycles. The molecule has 0 saturated carbocycles. The van der Waals surface area contributed by atoms with E-state index < -0.39 is 0 Å². The first kappa shape index (κ1) is 11.1. The number of rotatable bonds is 4. The van der Waals surface area contributed by atoms with Gasteiger partial charge in [-0.15, -0.1) is 17.9 Å². The first-order chi connectivity index (χ1) is 7.70. The number of anilines is 2. The topological polar surface area (TPSA) is 63.8 Å². The van der Waals surface area contributed by atoms with Gasteiger partial charge < -0.3 is 11.1 Å². The highest BCUT2D eigenvalue weighted by Gasteiger charge is 2.11. The molecule has 0 spiro atoms. The molecule has 2 rings (SSSR count). The molecule has 16 heavy (non-hydrogen) atoms. The number of nitrogens with zero attached hydrogens (tertiary/aromatic N) is 2. The van der Waals surface area contributed by atoms with Crippen LogP contribution in [-0.2, 0) is 0 Å². The van der Waals surface area contributed by atoms with Gasteiger partial charge in [0, 0.05) is 11.9 Å². The second-order valence-electron chi connectivity index (χ2n) is 3.17. The van der Waals surface area contributed by atoms with Crippen LogP contribution in [0.4, 0.5) is 10.3 Å². The largest absolute Gasteiger partial charge is 0.375 e. The van der Waals surface area contributed by atoms with E-state index in [4.69, 9.17) is 5.73 Å². The Morgan fingerprint density at radius 2 is 2.38 bits per heavy atom. The predicted octanol–water partition coefficient (Wildman–Crippen LogP) is 2.76. The molecule has 0 aliphatic heterocycles. The summed E-state index contributed by atoms with van der Waals surface area (Å²) in [4.78, 5) is 9.69. The maximum atomic E-state index is 5.66. The molecule has 0 unspecified atom stereocenters. The van der Waals surface area contributed by atoms with E-state index in [2.05, 4.69) is 21.9 Å². The van der Waals surface area contributed by atoms with Gasteiger partial charge in [0.05, 0.1) is 16.3 Å². The Morgan fingerprint density at radius 3 is 3.00 bits per heavy atom. The van der Waals surface area contributed by atoms with E-state index in [0.717, 1.165) is 27.9 Å². The fourth-order valence-corrected chi connectivity index (χ4v) is 2.85. The van der Waals surface area contributed by atoms with Gasteiger partial charge in [0.25, 0.3) is 0 Å². The SMILES string of the molecule is C=CCNc1nc(-c2sc(N)nc2C)cs1. The summed E-state index contributed by atoms with van der Waals surface area (Å²) in [6, 6.07) is 0. The number of nitrogen functional groups attached to an aromatic ring is 1. The Balaban J connectivity index is 2.24. The average molecular weight is 252 g/mol. The molecular formula is C10H12N4S2. The third-order valence-electron chi connectivity index (χ3n) is 1.95. The lowest BCUT2D eigenvalue weighted by Gasteiger charge is -1.95. The number of hydrogen-bond donors (Lipinski definition) is 2. The molecule has 0 aliphatic carbocycles. The van der Waals surface area contributed by atoms with Gasteiger partial charge >= 0.3 is 0 Å². The van der Waals surface area contributed by atoms with Crippen molar-refractivity contribution in [2.45, 2.75) is 6.92 Å². The van der Waals surface area contributed by atoms with Crippen molar-refractivity contribution in [2.75, 3.05) is 17.6 Å². The van der Waals surface area contributed by atoms with Crippen LogP contribution in [0.25, 0.3) is 10.6 Å². The Bertz CT molecular complexity index is 501. The predicted molar refractivity (Wildman–Crippen MR) is 71.1 cm³/mol. The number of nitrogens with two attached hydrogens (primary N) is 1. The average Bonchev–Trinajstić information content (AvgIpc) is 2.82. The molecule has 0 radical (unpaired) electrons. The van der Waals surface area contributed by atoms with Crippen molar-refractivity contribution in [2.24, 2.45) is 0 Å². The summed E-state index contributed by atoms with van der Waals surface area (Å²) in [5, 5.41) is 6.63. The van der Waals surface area contributed by atoms with E-state index in [1.165, 1.54) is 11.3 Å². The first-order valence-electron chi connectivity index (χ1n) is 4.74. The van der Waals surface area contributed by atoms with Crippen LogP contribution in [0.2, 0.25) is 0 Å². The summed E-state index contributed by atoms with van der Waals surface area (Å²) in [6.07, 6.45) is 1.80. The quantitative estimate of drug-likeness (QED) is 0.821. The van der Waals surface area contributed by atoms with Crippen molar-refractivity contribution >= 4 is 32.9 Å². The Morgan fingerprint density at radius 1 is 1.56 bits per heavy atom. The van der Waals surface area contributed by atoms with Gasteiger partial charge in [-0.05, 0) is 6.92 Å². The number of thiazole rings is 2. The van der Waals surface area contributed by atoms with E-state index in [1.54, 1.807) is 17.4 Å². The van der Waals surface area contributed by atoms with Crippen LogP contribution in [0.3, 0.4) is 0 Å². The molecule has 0 aromatic carbocycles. The van der Waals surface area contributed by atoms with Crippen LogP contribution in [0, 0.1) is 6.92 Å². The van der Waals surface area contributed by atoms with Crippen molar-refractivity contribution in [3.05, 3.63) is 23.7 Å². The monoisotopic (exact) mass is 252 g/mol. The maximum Gasteiger partial charge on any atom is 0.183 e. The zero-order valence-corrected chi connectivity index (χ0v) is 10.5. The van der Waals surface area contributed by atoms with Crippen LogP contribution in [0.1, 0.15) is 5.69 Å². The normalized spacial score (nSPS) is 10.3. The van der Waals surface area contributed by atoms with Crippen molar-refractivity contribution < 1.29 is 0 Å². The lowest BCUT2D eigenvalue weighted by atomic mass is 10.3. The second kappa shape index (κ2) is 4.63. The minimum atomic E-state index is 0.584. The molecule has 4 nitrogen and oxygen atoms in total. The molecule has 0 fully saturated rings. The van der Waals surface area contributed by atoms with Crippen LogP contribution in [-0.4, -0.2) is 16.5 Å². The Kier molecular flexibility index (Phi) is 3.21. The smallest absolute Gasteiger partial charge is 0.183 e. The summed E-state index contributed by atoms with van der Waals surface area (Å²) >= 11 is 3.04. The van der Waals surface area contributed by atoms with E-state index in [9.17, 15) is 0 Å². The fraction of sp³-hybridized carbons (Fsp3) is 0.200. The summed E-state index contributed by atoms with van der Waals surface area (Å²) in [5.74, 6) is 0. The molecule has 84 valence electrons. The van der Waals surface area contributed by atoms with Crippen LogP contribution >= 0.6 is 22.7 Å². The van der Waals surface area contributed by atoms with Crippen molar-refractivity contribution in [1.82, 2.24) is 9.97 Å². The van der Waals surface area contributed by atoms with Gasteiger partial charge in [-0.3, -0.25) is 0 Å². The zero-order chi connectivity index (χ0) is 11.5. The van der Waals surface area contributed by atoms with E-state index in [-0.39, 0.29) is 0 Å². The molecular weight excluding hydrogens is 240 g/mol. The minimum Gasteiger partial charge on any atom is -0.375 e. The molecule has 6 heteroatoms. The molecule has 2 heterocycles. The summed E-state index contributed by atoms with van der Waals surface area (Å²) in [5.41, 5.74) is 7.52. The lowest BCUT2D eigenvalue weighted by molar-refractivity contribution is 1.25. The third-order valence-corrected chi connectivity index (χ3v) is 3.76. The lowest BCUT2D eigenvalue weighted by Crippen LogP contribution is -1.96. The van der Waals surface area contributed by atoms with E-state index in [1.807, 2.05) is 12.3 Å². The minimum absolute atomic E-state index is 0.584. The van der Waals surface area contributed by atoms with Crippen molar-refractivity contribution in [3.63, 3.8) is 0 Å². The van der Waals surface area contributed by atoms with Crippen LogP contribution in [0.15, 0.2) is 18.0 Å². The maximum absolute atomic E-state index is 5.66. The second-order valence-corrected chi connectivity index (χ2v) is 5.06. The molecule has 3 N–H and O–H groups in total. The highest BCUT2D eigenvalue weighted by atomic mass is 32.1. The van der Waals surface area contributed by atoms with Gasteiger partial charge in [-0.25, -0.2) is 9.97 Å². The summed E-state index contributed by atoms with van der Waals surface area (Å²) in [6.45, 7) is 6.31.